The highest BCUT2D eigenvalue weighted by atomic mass is 35.5. The van der Waals surface area contributed by atoms with Crippen molar-refractivity contribution in [2.75, 3.05) is 5.32 Å². The lowest BCUT2D eigenvalue weighted by Gasteiger charge is -2.05. The number of thiophene rings is 1. The number of carboxylic acid groups (broad SMARTS) is 1. The summed E-state index contributed by atoms with van der Waals surface area (Å²) in [5.74, 6) is -2.13. The second-order valence-electron chi connectivity index (χ2n) is 3.99. The molecule has 1 aromatic heterocycles. The number of hydrogen-bond donors (Lipinski definition) is 2. The van der Waals surface area contributed by atoms with Crippen LogP contribution >= 0.6 is 22.9 Å². The van der Waals surface area contributed by atoms with Crippen molar-refractivity contribution in [2.24, 2.45) is 0 Å². The maximum absolute atomic E-state index is 13.2. The van der Waals surface area contributed by atoms with Crippen LogP contribution in [0.3, 0.4) is 0 Å². The smallest absolute Gasteiger partial charge is 0.328 e. The van der Waals surface area contributed by atoms with Crippen molar-refractivity contribution >= 4 is 46.6 Å². The highest BCUT2D eigenvalue weighted by Crippen LogP contribution is 2.22. The molecule has 1 aromatic carbocycles. The molecule has 0 aliphatic rings. The van der Waals surface area contributed by atoms with Gasteiger partial charge >= 0.3 is 5.97 Å². The van der Waals surface area contributed by atoms with Crippen LogP contribution in [0.15, 0.2) is 35.7 Å². The summed E-state index contributed by atoms with van der Waals surface area (Å²) in [6, 6.07) is 5.31. The van der Waals surface area contributed by atoms with Gasteiger partial charge in [0.2, 0.25) is 0 Å². The van der Waals surface area contributed by atoms with Crippen LogP contribution in [0.4, 0.5) is 10.1 Å². The monoisotopic (exact) mass is 325 g/mol. The molecule has 0 unspecified atom stereocenters. The van der Waals surface area contributed by atoms with E-state index < -0.39 is 17.7 Å². The first-order chi connectivity index (χ1) is 9.95. The van der Waals surface area contributed by atoms with Crippen LogP contribution in [-0.2, 0) is 4.79 Å². The number of benzene rings is 1. The molecule has 0 spiro atoms. The lowest BCUT2D eigenvalue weighted by Crippen LogP contribution is -2.11. The highest BCUT2D eigenvalue weighted by molar-refractivity contribution is 7.12. The van der Waals surface area contributed by atoms with E-state index in [1.807, 2.05) is 0 Å². The van der Waals surface area contributed by atoms with Gasteiger partial charge in [-0.25, -0.2) is 9.18 Å². The first-order valence-electron chi connectivity index (χ1n) is 5.71. The van der Waals surface area contributed by atoms with Gasteiger partial charge in [0, 0.05) is 16.8 Å². The maximum atomic E-state index is 13.2. The lowest BCUT2D eigenvalue weighted by atomic mass is 10.2. The fraction of sp³-hybridized carbons (Fsp3) is 0. The minimum absolute atomic E-state index is 0.169. The normalized spacial score (nSPS) is 10.8. The van der Waals surface area contributed by atoms with Gasteiger partial charge in [0.15, 0.2) is 0 Å². The Kier molecular flexibility index (Phi) is 4.72. The van der Waals surface area contributed by atoms with Gasteiger partial charge in [0.05, 0.1) is 4.88 Å². The van der Waals surface area contributed by atoms with Crippen LogP contribution in [0.25, 0.3) is 6.08 Å². The summed E-state index contributed by atoms with van der Waals surface area (Å²) >= 11 is 6.86. The lowest BCUT2D eigenvalue weighted by molar-refractivity contribution is -0.131. The van der Waals surface area contributed by atoms with Gasteiger partial charge in [-0.1, -0.05) is 11.6 Å². The van der Waals surface area contributed by atoms with Gasteiger partial charge < -0.3 is 10.4 Å². The molecule has 0 fully saturated rings. The number of carbonyl (C=O) groups is 2. The SMILES string of the molecule is O=C(O)/C=C/c1ccsc1C(=O)Nc1cc(F)cc(Cl)c1. The molecule has 0 atom stereocenters. The Hall–Kier alpha value is -2.18. The molecule has 2 aromatic rings. The molecule has 2 rings (SSSR count). The van der Waals surface area contributed by atoms with Gasteiger partial charge in [-0.15, -0.1) is 11.3 Å². The Morgan fingerprint density at radius 1 is 1.33 bits per heavy atom. The van der Waals surface area contributed by atoms with Crippen LogP contribution in [-0.4, -0.2) is 17.0 Å². The Morgan fingerprint density at radius 2 is 2.10 bits per heavy atom. The third-order valence-corrected chi connectivity index (χ3v) is 3.57. The van der Waals surface area contributed by atoms with E-state index in [9.17, 15) is 14.0 Å². The standard InChI is InChI=1S/C14H9ClFNO3S/c15-9-5-10(16)7-11(6-9)17-14(20)13-8(3-4-21-13)1-2-12(18)19/h1-7H,(H,17,20)(H,18,19)/b2-1+. The summed E-state index contributed by atoms with van der Waals surface area (Å²) in [5, 5.41) is 12.9. The average Bonchev–Trinajstić information content (AvgIpc) is 2.83. The number of nitrogens with one attached hydrogen (secondary N) is 1. The molecule has 0 radical (unpaired) electrons. The zero-order valence-corrected chi connectivity index (χ0v) is 12.0. The minimum atomic E-state index is -1.11. The van der Waals surface area contributed by atoms with Crippen molar-refractivity contribution in [3.63, 3.8) is 0 Å². The van der Waals surface area contributed by atoms with Crippen molar-refractivity contribution in [3.8, 4) is 0 Å². The Bertz CT molecular complexity index is 707. The van der Waals surface area contributed by atoms with E-state index in [1.54, 1.807) is 11.4 Å². The van der Waals surface area contributed by atoms with E-state index >= 15 is 0 Å². The molecule has 7 heteroatoms. The van der Waals surface area contributed by atoms with E-state index in [1.165, 1.54) is 12.1 Å². The molecule has 0 aliphatic carbocycles. The molecule has 1 amide bonds. The zero-order valence-electron chi connectivity index (χ0n) is 10.5. The van der Waals surface area contributed by atoms with Crippen LogP contribution < -0.4 is 5.32 Å². The van der Waals surface area contributed by atoms with E-state index in [0.717, 1.165) is 29.5 Å². The number of anilines is 1. The van der Waals surface area contributed by atoms with Crippen molar-refractivity contribution < 1.29 is 19.1 Å². The van der Waals surface area contributed by atoms with Gasteiger partial charge in [-0.2, -0.15) is 0 Å². The van der Waals surface area contributed by atoms with Crippen molar-refractivity contribution in [1.82, 2.24) is 0 Å². The molecule has 21 heavy (non-hydrogen) atoms. The molecule has 4 nitrogen and oxygen atoms in total. The van der Waals surface area contributed by atoms with Crippen molar-refractivity contribution in [1.29, 1.82) is 0 Å². The summed E-state index contributed by atoms with van der Waals surface area (Å²) in [7, 11) is 0. The molecule has 0 aliphatic heterocycles. The third kappa shape index (κ3) is 4.14. The van der Waals surface area contributed by atoms with Crippen LogP contribution in [0, 0.1) is 5.82 Å². The number of amides is 1. The molecular weight excluding hydrogens is 317 g/mol. The van der Waals surface area contributed by atoms with E-state index in [4.69, 9.17) is 16.7 Å². The molecule has 108 valence electrons. The zero-order chi connectivity index (χ0) is 15.4. The van der Waals surface area contributed by atoms with Gasteiger partial charge in [0.1, 0.15) is 5.82 Å². The summed E-state index contributed by atoms with van der Waals surface area (Å²) < 4.78 is 13.2. The second kappa shape index (κ2) is 6.51. The molecule has 2 N–H and O–H groups in total. The van der Waals surface area contributed by atoms with E-state index in [2.05, 4.69) is 5.32 Å². The number of aliphatic carboxylic acids is 1. The van der Waals surface area contributed by atoms with E-state index in [0.29, 0.717) is 10.4 Å². The van der Waals surface area contributed by atoms with Gasteiger partial charge in [-0.05, 0) is 41.3 Å². The fourth-order valence-electron chi connectivity index (χ4n) is 1.61. The highest BCUT2D eigenvalue weighted by Gasteiger charge is 2.12. The number of carboxylic acids is 1. The first-order valence-corrected chi connectivity index (χ1v) is 6.97. The predicted molar refractivity (Wildman–Crippen MR) is 80.4 cm³/mol. The maximum Gasteiger partial charge on any atom is 0.328 e. The molecule has 0 saturated heterocycles. The number of hydrogen-bond acceptors (Lipinski definition) is 3. The summed E-state index contributed by atoms with van der Waals surface area (Å²) in [6.45, 7) is 0. The topological polar surface area (TPSA) is 66.4 Å². The summed E-state index contributed by atoms with van der Waals surface area (Å²) in [5.41, 5.74) is 0.703. The summed E-state index contributed by atoms with van der Waals surface area (Å²) in [4.78, 5) is 22.9. The van der Waals surface area contributed by atoms with E-state index in [-0.39, 0.29) is 10.7 Å². The largest absolute Gasteiger partial charge is 0.478 e. The van der Waals surface area contributed by atoms with Crippen LogP contribution in [0.5, 0.6) is 0 Å². The first kappa shape index (κ1) is 15.2. The average molecular weight is 326 g/mol. The molecular formula is C14H9ClFNO3S. The predicted octanol–water partition coefficient (Wildman–Crippen LogP) is 3.89. The van der Waals surface area contributed by atoms with Crippen LogP contribution in [0.1, 0.15) is 15.2 Å². The van der Waals surface area contributed by atoms with Gasteiger partial charge in [-0.3, -0.25) is 4.79 Å². The Morgan fingerprint density at radius 3 is 2.76 bits per heavy atom. The third-order valence-electron chi connectivity index (χ3n) is 2.43. The molecule has 0 bridgehead atoms. The number of carbonyl (C=O) groups excluding carboxylic acids is 1. The fourth-order valence-corrected chi connectivity index (χ4v) is 2.61. The Labute approximate surface area is 128 Å². The second-order valence-corrected chi connectivity index (χ2v) is 5.34. The Balaban J connectivity index is 2.21. The number of halogens is 2. The van der Waals surface area contributed by atoms with Gasteiger partial charge in [0.25, 0.3) is 5.91 Å². The summed E-state index contributed by atoms with van der Waals surface area (Å²) in [6.07, 6.45) is 2.27. The number of rotatable bonds is 4. The molecule has 1 heterocycles. The molecule has 0 saturated carbocycles. The van der Waals surface area contributed by atoms with Crippen molar-refractivity contribution in [3.05, 3.63) is 57.0 Å². The van der Waals surface area contributed by atoms with Crippen LogP contribution in [0.2, 0.25) is 5.02 Å². The quantitative estimate of drug-likeness (QED) is 0.838. The van der Waals surface area contributed by atoms with Crippen molar-refractivity contribution in [2.45, 2.75) is 0 Å². The minimum Gasteiger partial charge on any atom is -0.478 e.